The number of hydrogen-bond donors (Lipinski definition) is 1. The molecule has 2 heterocycles. The van der Waals surface area contributed by atoms with Crippen molar-refractivity contribution in [3.63, 3.8) is 0 Å². The van der Waals surface area contributed by atoms with Gasteiger partial charge in [0.05, 0.1) is 12.2 Å². The van der Waals surface area contributed by atoms with Crippen molar-refractivity contribution in [3.05, 3.63) is 30.1 Å². The summed E-state index contributed by atoms with van der Waals surface area (Å²) in [6.45, 7) is 3.18. The van der Waals surface area contributed by atoms with Gasteiger partial charge in [-0.3, -0.25) is 9.69 Å². The molecular formula is C17H24FN3O. The molecule has 1 N–H and O–H groups in total. The maximum absolute atomic E-state index is 13.9. The molecular weight excluding hydrogens is 281 g/mol. The predicted molar refractivity (Wildman–Crippen MR) is 85.5 cm³/mol. The van der Waals surface area contributed by atoms with E-state index in [-0.39, 0.29) is 17.3 Å². The van der Waals surface area contributed by atoms with Crippen LogP contribution in [0.3, 0.4) is 0 Å². The van der Waals surface area contributed by atoms with Gasteiger partial charge in [-0.25, -0.2) is 4.39 Å². The zero-order chi connectivity index (χ0) is 15.6. The summed E-state index contributed by atoms with van der Waals surface area (Å²) < 4.78 is 13.9. The summed E-state index contributed by atoms with van der Waals surface area (Å²) in [5.41, 5.74) is 0.835. The lowest BCUT2D eigenvalue weighted by Gasteiger charge is -2.45. The molecule has 1 aromatic rings. The summed E-state index contributed by atoms with van der Waals surface area (Å²) in [4.78, 5) is 16.2. The number of para-hydroxylation sites is 1. The number of rotatable bonds is 3. The molecule has 1 amide bonds. The summed E-state index contributed by atoms with van der Waals surface area (Å²) in [5, 5.41) is 2.72. The molecule has 2 saturated heterocycles. The first-order chi connectivity index (χ1) is 10.6. The van der Waals surface area contributed by atoms with E-state index in [0.29, 0.717) is 12.2 Å². The number of hydrogen-bond acceptors (Lipinski definition) is 3. The van der Waals surface area contributed by atoms with Crippen molar-refractivity contribution < 1.29 is 9.18 Å². The number of anilines is 1. The third-order valence-corrected chi connectivity index (χ3v) is 5.24. The minimum absolute atomic E-state index is 0.0813. The van der Waals surface area contributed by atoms with Crippen molar-refractivity contribution in [2.75, 3.05) is 38.1 Å². The maximum atomic E-state index is 13.9. The second-order valence-corrected chi connectivity index (χ2v) is 6.36. The van der Waals surface area contributed by atoms with E-state index in [1.807, 2.05) is 12.1 Å². The fourth-order valence-electron chi connectivity index (χ4n) is 3.93. The van der Waals surface area contributed by atoms with E-state index < -0.39 is 0 Å². The van der Waals surface area contributed by atoms with Gasteiger partial charge in [0.1, 0.15) is 5.82 Å². The molecule has 4 nitrogen and oxygen atoms in total. The highest BCUT2D eigenvalue weighted by Gasteiger charge is 2.43. The molecule has 22 heavy (non-hydrogen) atoms. The van der Waals surface area contributed by atoms with E-state index in [4.69, 9.17) is 0 Å². The average Bonchev–Trinajstić information content (AvgIpc) is 2.91. The Hall–Kier alpha value is -1.62. The summed E-state index contributed by atoms with van der Waals surface area (Å²) >= 11 is 0. The van der Waals surface area contributed by atoms with E-state index >= 15 is 0 Å². The lowest BCUT2D eigenvalue weighted by molar-refractivity contribution is -0.123. The van der Waals surface area contributed by atoms with Crippen molar-refractivity contribution >= 4 is 11.6 Å². The van der Waals surface area contributed by atoms with Crippen LogP contribution in [0.4, 0.5) is 10.1 Å². The molecule has 1 aromatic carbocycles. The summed E-state index contributed by atoms with van der Waals surface area (Å²) in [6, 6.07) is 6.99. The number of amides is 1. The number of likely N-dealkylation sites (tertiary alicyclic amines) is 1. The summed E-state index contributed by atoms with van der Waals surface area (Å²) in [7, 11) is 1.69. The molecule has 0 radical (unpaired) electrons. The fourth-order valence-corrected chi connectivity index (χ4v) is 3.93. The van der Waals surface area contributed by atoms with Gasteiger partial charge < -0.3 is 10.2 Å². The number of likely N-dealkylation sites (N-methyl/N-ethyl adjacent to an activating group) is 1. The lowest BCUT2D eigenvalue weighted by atomic mass is 9.84. The van der Waals surface area contributed by atoms with Crippen LogP contribution in [-0.2, 0) is 4.79 Å². The van der Waals surface area contributed by atoms with Crippen LogP contribution >= 0.6 is 0 Å². The normalized spacial score (nSPS) is 21.3. The average molecular weight is 305 g/mol. The summed E-state index contributed by atoms with van der Waals surface area (Å²) in [5.74, 6) is -0.0649. The molecule has 5 heteroatoms. The Bertz CT molecular complexity index is 540. The number of nitrogens with one attached hydrogen (secondary N) is 1. The second-order valence-electron chi connectivity index (χ2n) is 6.36. The van der Waals surface area contributed by atoms with Crippen LogP contribution in [-0.4, -0.2) is 49.6 Å². The molecule has 0 unspecified atom stereocenters. The third kappa shape index (κ3) is 2.82. The minimum atomic E-state index is -0.146. The van der Waals surface area contributed by atoms with Crippen LogP contribution in [0.1, 0.15) is 25.7 Å². The van der Waals surface area contributed by atoms with Crippen molar-refractivity contribution in [1.29, 1.82) is 0 Å². The highest BCUT2D eigenvalue weighted by molar-refractivity contribution is 5.77. The fraction of sp³-hybridized carbons (Fsp3) is 0.588. The second kappa shape index (κ2) is 6.24. The summed E-state index contributed by atoms with van der Waals surface area (Å²) in [6.07, 6.45) is 4.29. The zero-order valence-electron chi connectivity index (χ0n) is 13.1. The Morgan fingerprint density at radius 1 is 1.23 bits per heavy atom. The number of carbonyl (C=O) groups is 1. The molecule has 1 spiro atoms. The monoisotopic (exact) mass is 305 g/mol. The van der Waals surface area contributed by atoms with Gasteiger partial charge in [0.25, 0.3) is 0 Å². The van der Waals surface area contributed by atoms with Gasteiger partial charge in [-0.1, -0.05) is 12.1 Å². The van der Waals surface area contributed by atoms with Crippen LogP contribution in [0, 0.1) is 5.82 Å². The first-order valence-corrected chi connectivity index (χ1v) is 8.10. The number of piperidine rings is 1. The Morgan fingerprint density at radius 2 is 1.95 bits per heavy atom. The molecule has 2 aliphatic heterocycles. The first-order valence-electron chi connectivity index (χ1n) is 8.10. The zero-order valence-corrected chi connectivity index (χ0v) is 13.1. The number of carbonyl (C=O) groups excluding carboxylic acids is 1. The molecule has 2 fully saturated rings. The van der Waals surface area contributed by atoms with E-state index in [2.05, 4.69) is 15.1 Å². The molecule has 0 saturated carbocycles. The molecule has 0 aromatic heterocycles. The van der Waals surface area contributed by atoms with E-state index in [0.717, 1.165) is 45.3 Å². The van der Waals surface area contributed by atoms with E-state index in [1.54, 1.807) is 13.1 Å². The first kappa shape index (κ1) is 15.3. The van der Waals surface area contributed by atoms with E-state index in [9.17, 15) is 9.18 Å². The SMILES string of the molecule is CNC(=O)CN1CCCC12CCN(c1ccccc1F)CC2. The van der Waals surface area contributed by atoms with Gasteiger partial charge in [0.15, 0.2) is 0 Å². The van der Waals surface area contributed by atoms with Crippen LogP contribution in [0.15, 0.2) is 24.3 Å². The van der Waals surface area contributed by atoms with Gasteiger partial charge in [-0.2, -0.15) is 0 Å². The number of halogens is 1. The Labute approximate surface area is 131 Å². The van der Waals surface area contributed by atoms with Crippen molar-refractivity contribution in [2.45, 2.75) is 31.2 Å². The Morgan fingerprint density at radius 3 is 2.64 bits per heavy atom. The van der Waals surface area contributed by atoms with Gasteiger partial charge in [-0.05, 0) is 44.4 Å². The number of benzene rings is 1. The van der Waals surface area contributed by atoms with Crippen molar-refractivity contribution in [3.8, 4) is 0 Å². The molecule has 3 rings (SSSR count). The lowest BCUT2D eigenvalue weighted by Crippen LogP contribution is -2.54. The van der Waals surface area contributed by atoms with Gasteiger partial charge >= 0.3 is 0 Å². The van der Waals surface area contributed by atoms with Crippen molar-refractivity contribution in [2.24, 2.45) is 0 Å². The standard InChI is InChI=1S/C17H24FN3O/c1-19-16(22)13-21-10-4-7-17(21)8-11-20(12-9-17)15-6-3-2-5-14(15)18/h2-3,5-6H,4,7-13H2,1H3,(H,19,22). The Kier molecular flexibility index (Phi) is 4.34. The van der Waals surface area contributed by atoms with E-state index in [1.165, 1.54) is 6.07 Å². The molecule has 2 aliphatic rings. The highest BCUT2D eigenvalue weighted by Crippen LogP contribution is 2.39. The van der Waals surface area contributed by atoms with Crippen LogP contribution in [0.25, 0.3) is 0 Å². The molecule has 0 atom stereocenters. The van der Waals surface area contributed by atoms with Crippen LogP contribution in [0.5, 0.6) is 0 Å². The molecule has 120 valence electrons. The molecule has 0 bridgehead atoms. The van der Waals surface area contributed by atoms with Crippen LogP contribution in [0.2, 0.25) is 0 Å². The topological polar surface area (TPSA) is 35.6 Å². The smallest absolute Gasteiger partial charge is 0.233 e. The van der Waals surface area contributed by atoms with Gasteiger partial charge in [-0.15, -0.1) is 0 Å². The molecule has 0 aliphatic carbocycles. The quantitative estimate of drug-likeness (QED) is 0.928. The van der Waals surface area contributed by atoms with Gasteiger partial charge in [0, 0.05) is 25.7 Å². The van der Waals surface area contributed by atoms with Crippen LogP contribution < -0.4 is 10.2 Å². The highest BCUT2D eigenvalue weighted by atomic mass is 19.1. The number of nitrogens with zero attached hydrogens (tertiary/aromatic N) is 2. The minimum Gasteiger partial charge on any atom is -0.369 e. The third-order valence-electron chi connectivity index (χ3n) is 5.24. The maximum Gasteiger partial charge on any atom is 0.233 e. The van der Waals surface area contributed by atoms with Gasteiger partial charge in [0.2, 0.25) is 5.91 Å². The van der Waals surface area contributed by atoms with Crippen molar-refractivity contribution in [1.82, 2.24) is 10.2 Å². The Balaban J connectivity index is 1.67. The largest absolute Gasteiger partial charge is 0.369 e. The predicted octanol–water partition coefficient (Wildman–Crippen LogP) is 2.01.